The quantitative estimate of drug-likeness (QED) is 0.571. The number of piperidine rings is 1. The van der Waals surface area contributed by atoms with Crippen molar-refractivity contribution in [3.63, 3.8) is 0 Å². The number of esters is 2. The van der Waals surface area contributed by atoms with Gasteiger partial charge < -0.3 is 24.4 Å². The van der Waals surface area contributed by atoms with Crippen LogP contribution in [0.5, 0.6) is 0 Å². The van der Waals surface area contributed by atoms with E-state index in [1.165, 1.54) is 12.0 Å². The third kappa shape index (κ3) is 7.73. The normalized spacial score (nSPS) is 19.4. The number of nitrogens with zero attached hydrogens (tertiary/aromatic N) is 1. The van der Waals surface area contributed by atoms with Crippen molar-refractivity contribution in [3.8, 4) is 0 Å². The lowest BCUT2D eigenvalue weighted by atomic mass is 9.94. The summed E-state index contributed by atoms with van der Waals surface area (Å²) in [5.74, 6) is -1.28. The Labute approximate surface area is 171 Å². The van der Waals surface area contributed by atoms with Crippen molar-refractivity contribution >= 4 is 18.0 Å². The van der Waals surface area contributed by atoms with E-state index < -0.39 is 29.6 Å². The number of ether oxygens (including phenoxy) is 3. The predicted octanol–water partition coefficient (Wildman–Crippen LogP) is 2.12. The van der Waals surface area contributed by atoms with Crippen LogP contribution in [-0.4, -0.2) is 61.3 Å². The molecule has 1 aliphatic heterocycles. The van der Waals surface area contributed by atoms with Crippen LogP contribution in [0.3, 0.4) is 0 Å². The standard InChI is InChI=1S/C21H30N2O6/c1-21(2,3)29-20(26)23-12-16(19(25)27-4)10-17(13-23)22-11-18(24)28-14-15-8-6-5-7-9-15/h5-9,16-17,22H,10-14H2,1-4H3. The summed E-state index contributed by atoms with van der Waals surface area (Å²) in [7, 11) is 1.32. The monoisotopic (exact) mass is 406 g/mol. The summed E-state index contributed by atoms with van der Waals surface area (Å²) in [6.07, 6.45) is -0.0395. The number of rotatable bonds is 6. The lowest BCUT2D eigenvalue weighted by molar-refractivity contribution is -0.147. The van der Waals surface area contributed by atoms with Crippen molar-refractivity contribution in [2.24, 2.45) is 5.92 Å². The Kier molecular flexibility index (Phi) is 8.01. The lowest BCUT2D eigenvalue weighted by Gasteiger charge is -2.37. The van der Waals surface area contributed by atoms with E-state index in [9.17, 15) is 14.4 Å². The molecule has 0 bridgehead atoms. The molecule has 1 saturated heterocycles. The molecule has 2 rings (SSSR count). The molecule has 0 aliphatic carbocycles. The number of hydrogen-bond donors (Lipinski definition) is 1. The molecule has 1 amide bonds. The van der Waals surface area contributed by atoms with Gasteiger partial charge in [-0.1, -0.05) is 30.3 Å². The predicted molar refractivity (Wildman–Crippen MR) is 106 cm³/mol. The smallest absolute Gasteiger partial charge is 0.410 e. The highest BCUT2D eigenvalue weighted by molar-refractivity contribution is 5.75. The van der Waals surface area contributed by atoms with Gasteiger partial charge in [0, 0.05) is 19.1 Å². The first-order chi connectivity index (χ1) is 13.7. The topological polar surface area (TPSA) is 94.2 Å². The Balaban J connectivity index is 1.90. The molecule has 1 aromatic carbocycles. The van der Waals surface area contributed by atoms with Crippen LogP contribution in [-0.2, 0) is 30.4 Å². The van der Waals surface area contributed by atoms with Gasteiger partial charge in [0.1, 0.15) is 12.2 Å². The van der Waals surface area contributed by atoms with E-state index >= 15 is 0 Å². The van der Waals surface area contributed by atoms with E-state index in [1.807, 2.05) is 30.3 Å². The maximum absolute atomic E-state index is 12.4. The number of amides is 1. The zero-order chi connectivity index (χ0) is 21.4. The highest BCUT2D eigenvalue weighted by Crippen LogP contribution is 2.21. The number of carbonyl (C=O) groups is 3. The molecule has 0 spiro atoms. The molecule has 0 radical (unpaired) electrons. The van der Waals surface area contributed by atoms with Crippen molar-refractivity contribution in [2.75, 3.05) is 26.7 Å². The van der Waals surface area contributed by atoms with Crippen LogP contribution in [0.15, 0.2) is 30.3 Å². The van der Waals surface area contributed by atoms with Crippen molar-refractivity contribution in [1.82, 2.24) is 10.2 Å². The highest BCUT2D eigenvalue weighted by Gasteiger charge is 2.36. The number of likely N-dealkylation sites (tertiary alicyclic amines) is 1. The Morgan fingerprint density at radius 1 is 1.14 bits per heavy atom. The van der Waals surface area contributed by atoms with Crippen LogP contribution in [0.25, 0.3) is 0 Å². The molecule has 160 valence electrons. The average molecular weight is 406 g/mol. The van der Waals surface area contributed by atoms with Crippen LogP contribution in [0.4, 0.5) is 4.79 Å². The zero-order valence-electron chi connectivity index (χ0n) is 17.5. The van der Waals surface area contributed by atoms with Gasteiger partial charge in [-0.15, -0.1) is 0 Å². The molecule has 0 aromatic heterocycles. The lowest BCUT2D eigenvalue weighted by Crippen LogP contribution is -2.54. The summed E-state index contributed by atoms with van der Waals surface area (Å²) in [5.41, 5.74) is 0.264. The molecule has 2 unspecified atom stereocenters. The molecule has 8 nitrogen and oxygen atoms in total. The van der Waals surface area contributed by atoms with E-state index in [0.717, 1.165) is 5.56 Å². The van der Waals surface area contributed by atoms with Gasteiger partial charge in [-0.25, -0.2) is 4.79 Å². The number of nitrogens with one attached hydrogen (secondary N) is 1. The van der Waals surface area contributed by atoms with Crippen LogP contribution in [0.2, 0.25) is 0 Å². The average Bonchev–Trinajstić information content (AvgIpc) is 2.69. The first kappa shape index (κ1) is 22.7. The molecule has 1 heterocycles. The minimum Gasteiger partial charge on any atom is -0.469 e. The molecular formula is C21H30N2O6. The van der Waals surface area contributed by atoms with Crippen LogP contribution >= 0.6 is 0 Å². The van der Waals surface area contributed by atoms with Gasteiger partial charge in [-0.2, -0.15) is 0 Å². The van der Waals surface area contributed by atoms with Crippen molar-refractivity contribution < 1.29 is 28.6 Å². The van der Waals surface area contributed by atoms with Gasteiger partial charge in [0.25, 0.3) is 0 Å². The van der Waals surface area contributed by atoms with Crippen molar-refractivity contribution in [3.05, 3.63) is 35.9 Å². The maximum atomic E-state index is 12.4. The molecule has 1 aliphatic rings. The Bertz CT molecular complexity index is 701. The van der Waals surface area contributed by atoms with Gasteiger partial charge in [0.15, 0.2) is 0 Å². The van der Waals surface area contributed by atoms with Crippen molar-refractivity contribution in [2.45, 2.75) is 45.4 Å². The SMILES string of the molecule is COC(=O)C1CC(NCC(=O)OCc2ccccc2)CN(C(=O)OC(C)(C)C)C1. The number of benzene rings is 1. The summed E-state index contributed by atoms with van der Waals surface area (Å²) in [6, 6.07) is 9.14. The van der Waals surface area contributed by atoms with E-state index in [-0.39, 0.29) is 25.7 Å². The Hall–Kier alpha value is -2.61. The minimum atomic E-state index is -0.639. The van der Waals surface area contributed by atoms with Gasteiger partial charge >= 0.3 is 18.0 Å². The minimum absolute atomic E-state index is 0.0203. The fourth-order valence-electron chi connectivity index (χ4n) is 3.08. The summed E-state index contributed by atoms with van der Waals surface area (Å²) in [5, 5.41) is 3.08. The van der Waals surface area contributed by atoms with Gasteiger partial charge in [-0.3, -0.25) is 9.59 Å². The van der Waals surface area contributed by atoms with Crippen LogP contribution in [0.1, 0.15) is 32.8 Å². The molecule has 0 saturated carbocycles. The number of carbonyl (C=O) groups excluding carboxylic acids is 3. The summed E-state index contributed by atoms with van der Waals surface area (Å²) >= 11 is 0. The van der Waals surface area contributed by atoms with Gasteiger partial charge in [0.05, 0.1) is 19.6 Å². The highest BCUT2D eigenvalue weighted by atomic mass is 16.6. The van der Waals surface area contributed by atoms with Gasteiger partial charge in [0.2, 0.25) is 0 Å². The van der Waals surface area contributed by atoms with Gasteiger partial charge in [-0.05, 0) is 32.8 Å². The van der Waals surface area contributed by atoms with Crippen LogP contribution in [0, 0.1) is 5.92 Å². The Morgan fingerprint density at radius 3 is 2.45 bits per heavy atom. The maximum Gasteiger partial charge on any atom is 0.410 e. The van der Waals surface area contributed by atoms with E-state index in [1.54, 1.807) is 20.8 Å². The van der Waals surface area contributed by atoms with E-state index in [4.69, 9.17) is 14.2 Å². The largest absolute Gasteiger partial charge is 0.469 e. The van der Waals surface area contributed by atoms with Crippen LogP contribution < -0.4 is 5.32 Å². The summed E-state index contributed by atoms with van der Waals surface area (Å²) in [4.78, 5) is 38.0. The van der Waals surface area contributed by atoms with E-state index in [0.29, 0.717) is 13.0 Å². The Morgan fingerprint density at radius 2 is 1.83 bits per heavy atom. The fraction of sp³-hybridized carbons (Fsp3) is 0.571. The summed E-state index contributed by atoms with van der Waals surface area (Å²) in [6.45, 7) is 6.07. The first-order valence-corrected chi connectivity index (χ1v) is 9.66. The third-order valence-corrected chi connectivity index (χ3v) is 4.41. The molecule has 1 N–H and O–H groups in total. The third-order valence-electron chi connectivity index (χ3n) is 4.41. The first-order valence-electron chi connectivity index (χ1n) is 9.66. The number of methoxy groups -OCH3 is 1. The molecule has 1 aromatic rings. The number of hydrogen-bond acceptors (Lipinski definition) is 7. The van der Waals surface area contributed by atoms with Crippen molar-refractivity contribution in [1.29, 1.82) is 0 Å². The molecule has 2 atom stereocenters. The van der Waals surface area contributed by atoms with E-state index in [2.05, 4.69) is 5.32 Å². The fourth-order valence-corrected chi connectivity index (χ4v) is 3.08. The summed E-state index contributed by atoms with van der Waals surface area (Å²) < 4.78 is 15.5. The molecule has 29 heavy (non-hydrogen) atoms. The molecule has 1 fully saturated rings. The second kappa shape index (κ2) is 10.2. The zero-order valence-corrected chi connectivity index (χ0v) is 17.5. The molecule has 8 heteroatoms. The second-order valence-electron chi connectivity index (χ2n) is 8.07. The second-order valence-corrected chi connectivity index (χ2v) is 8.07. The molecular weight excluding hydrogens is 376 g/mol.